The van der Waals surface area contributed by atoms with E-state index in [-0.39, 0.29) is 18.1 Å². The normalized spacial score (nSPS) is 18.7. The number of carbonyl (C=O) groups excluding carboxylic acids is 1. The zero-order valence-corrected chi connectivity index (χ0v) is 21.7. The van der Waals surface area contributed by atoms with E-state index >= 15 is 0 Å². The fourth-order valence-electron chi connectivity index (χ4n) is 4.46. The second kappa shape index (κ2) is 13.7. The number of allylic oxidation sites excluding steroid dienone is 1. The maximum Gasteiger partial charge on any atom is 0.227 e. The topological polar surface area (TPSA) is 54.0 Å². The molecular weight excluding hydrogens is 488 g/mol. The second-order valence-corrected chi connectivity index (χ2v) is 9.41. The molecule has 0 spiro atoms. The Bertz CT molecular complexity index is 1320. The Morgan fingerprint density at radius 2 is 1.10 bits per heavy atom. The molecule has 0 saturated carbocycles. The summed E-state index contributed by atoms with van der Waals surface area (Å²) in [4.78, 5) is 13.4. The van der Waals surface area contributed by atoms with Gasteiger partial charge in [0.05, 0.1) is 26.4 Å². The van der Waals surface area contributed by atoms with Crippen LogP contribution in [0.5, 0.6) is 0 Å². The lowest BCUT2D eigenvalue weighted by molar-refractivity contribution is -0.151. The molecule has 1 unspecified atom stereocenters. The first kappa shape index (κ1) is 26.6. The molecule has 1 heterocycles. The third-order valence-electron chi connectivity index (χ3n) is 6.51. The van der Waals surface area contributed by atoms with Crippen molar-refractivity contribution in [1.82, 2.24) is 0 Å². The van der Waals surface area contributed by atoms with E-state index in [0.29, 0.717) is 25.4 Å². The van der Waals surface area contributed by atoms with Gasteiger partial charge in [-0.2, -0.15) is 0 Å². The predicted molar refractivity (Wildman–Crippen MR) is 150 cm³/mol. The fourth-order valence-corrected chi connectivity index (χ4v) is 4.46. The van der Waals surface area contributed by atoms with Crippen LogP contribution in [0.2, 0.25) is 0 Å². The van der Waals surface area contributed by atoms with Gasteiger partial charge in [0.2, 0.25) is 5.78 Å². The number of Topliss-reactive ketones (excluding diaryl/α,β-unsaturated/α-hetero) is 1. The highest BCUT2D eigenvalue weighted by Gasteiger charge is 2.39. The molecule has 4 aromatic carbocycles. The van der Waals surface area contributed by atoms with Crippen molar-refractivity contribution < 1.29 is 23.7 Å². The molecule has 3 atom stereocenters. The van der Waals surface area contributed by atoms with Crippen LogP contribution in [0.15, 0.2) is 133 Å². The molecule has 0 radical (unpaired) electrons. The number of rotatable bonds is 12. The number of ketones is 1. The van der Waals surface area contributed by atoms with E-state index in [9.17, 15) is 4.79 Å². The zero-order chi connectivity index (χ0) is 26.7. The monoisotopic (exact) mass is 520 g/mol. The molecule has 0 aliphatic carbocycles. The lowest BCUT2D eigenvalue weighted by atomic mass is 10.00. The quantitative estimate of drug-likeness (QED) is 0.199. The van der Waals surface area contributed by atoms with Gasteiger partial charge in [-0.05, 0) is 22.8 Å². The van der Waals surface area contributed by atoms with Crippen molar-refractivity contribution in [3.63, 3.8) is 0 Å². The minimum Gasteiger partial charge on any atom is -0.481 e. The van der Waals surface area contributed by atoms with Gasteiger partial charge in [0, 0.05) is 5.56 Å². The molecule has 4 aromatic rings. The van der Waals surface area contributed by atoms with Crippen molar-refractivity contribution >= 4 is 5.78 Å². The van der Waals surface area contributed by atoms with Crippen LogP contribution in [-0.2, 0) is 38.8 Å². The largest absolute Gasteiger partial charge is 0.481 e. The second-order valence-electron chi connectivity index (χ2n) is 9.41. The highest BCUT2D eigenvalue weighted by Crippen LogP contribution is 2.28. The third-order valence-corrected chi connectivity index (χ3v) is 6.51. The van der Waals surface area contributed by atoms with E-state index in [1.54, 1.807) is 18.2 Å². The molecule has 0 saturated heterocycles. The smallest absolute Gasteiger partial charge is 0.227 e. The molecule has 198 valence electrons. The maximum absolute atomic E-state index is 13.4. The average molecular weight is 521 g/mol. The van der Waals surface area contributed by atoms with Crippen molar-refractivity contribution in [3.8, 4) is 0 Å². The van der Waals surface area contributed by atoms with E-state index in [0.717, 1.165) is 16.7 Å². The summed E-state index contributed by atoms with van der Waals surface area (Å²) in [5.41, 5.74) is 3.69. The van der Waals surface area contributed by atoms with E-state index in [4.69, 9.17) is 18.9 Å². The Morgan fingerprint density at radius 1 is 0.615 bits per heavy atom. The minimum absolute atomic E-state index is 0.196. The first-order valence-electron chi connectivity index (χ1n) is 13.2. The summed E-state index contributed by atoms with van der Waals surface area (Å²) in [5.74, 6) is 0.0469. The molecule has 0 amide bonds. The van der Waals surface area contributed by atoms with Gasteiger partial charge >= 0.3 is 0 Å². The fraction of sp³-hybridized carbons (Fsp3) is 0.206. The summed E-state index contributed by atoms with van der Waals surface area (Å²) in [7, 11) is 0. The van der Waals surface area contributed by atoms with Crippen molar-refractivity contribution in [2.45, 2.75) is 38.1 Å². The van der Waals surface area contributed by atoms with Gasteiger partial charge in [0.25, 0.3) is 0 Å². The van der Waals surface area contributed by atoms with Crippen molar-refractivity contribution in [2.24, 2.45) is 0 Å². The van der Waals surface area contributed by atoms with Crippen molar-refractivity contribution in [3.05, 3.63) is 155 Å². The summed E-state index contributed by atoms with van der Waals surface area (Å²) in [5, 5.41) is 0. The van der Waals surface area contributed by atoms with E-state index < -0.39 is 18.3 Å². The molecular formula is C34H32O5. The van der Waals surface area contributed by atoms with E-state index in [1.165, 1.54) is 0 Å². The third kappa shape index (κ3) is 7.52. The molecule has 1 aliphatic rings. The van der Waals surface area contributed by atoms with Crippen molar-refractivity contribution in [1.29, 1.82) is 0 Å². The molecule has 0 aromatic heterocycles. The maximum atomic E-state index is 13.4. The standard InChI is InChI=1S/C34H32O5/c35-33(29-19-11-4-12-20-29)30-21-31(37-23-27-15-7-2-8-16-27)34(38-24-28-17-9-3-10-18-28)32(39-30)25-36-22-26-13-5-1-6-14-26/h1-21,31-32,34H,22-25H2/t31-,32?,34+/m1/s1. The summed E-state index contributed by atoms with van der Waals surface area (Å²) in [6.07, 6.45) is 0.195. The zero-order valence-electron chi connectivity index (χ0n) is 21.7. The first-order chi connectivity index (χ1) is 19.3. The van der Waals surface area contributed by atoms with Gasteiger partial charge in [-0.25, -0.2) is 0 Å². The van der Waals surface area contributed by atoms with Gasteiger partial charge in [0.15, 0.2) is 11.9 Å². The molecule has 1 aliphatic heterocycles. The van der Waals surface area contributed by atoms with Crippen LogP contribution in [0.4, 0.5) is 0 Å². The Hall–Kier alpha value is -4.03. The first-order valence-corrected chi connectivity index (χ1v) is 13.2. The van der Waals surface area contributed by atoms with Crippen LogP contribution in [0.1, 0.15) is 27.0 Å². The van der Waals surface area contributed by atoms with Gasteiger partial charge in [-0.15, -0.1) is 0 Å². The van der Waals surface area contributed by atoms with E-state index in [1.807, 2.05) is 109 Å². The Morgan fingerprint density at radius 3 is 1.67 bits per heavy atom. The van der Waals surface area contributed by atoms with Gasteiger partial charge < -0.3 is 18.9 Å². The Balaban J connectivity index is 1.39. The molecule has 5 rings (SSSR count). The van der Waals surface area contributed by atoms with Crippen LogP contribution in [0.3, 0.4) is 0 Å². The Kier molecular flexibility index (Phi) is 9.32. The highest BCUT2D eigenvalue weighted by molar-refractivity contribution is 6.07. The SMILES string of the molecule is O=C(C1=C[C@@H](OCc2ccccc2)[C@H](OCc2ccccc2)C(COCc2ccccc2)O1)c1ccccc1. The Labute approximate surface area is 229 Å². The number of hydrogen-bond donors (Lipinski definition) is 0. The van der Waals surface area contributed by atoms with Gasteiger partial charge in [0.1, 0.15) is 12.2 Å². The number of carbonyl (C=O) groups is 1. The van der Waals surface area contributed by atoms with Crippen LogP contribution >= 0.6 is 0 Å². The number of hydrogen-bond acceptors (Lipinski definition) is 5. The highest BCUT2D eigenvalue weighted by atomic mass is 16.6. The lowest BCUT2D eigenvalue weighted by Gasteiger charge is -2.36. The molecule has 5 nitrogen and oxygen atoms in total. The summed E-state index contributed by atoms with van der Waals surface area (Å²) >= 11 is 0. The molecule has 39 heavy (non-hydrogen) atoms. The summed E-state index contributed by atoms with van der Waals surface area (Å²) < 4.78 is 25.2. The molecule has 0 bridgehead atoms. The number of benzene rings is 4. The van der Waals surface area contributed by atoms with Crippen LogP contribution in [0, 0.1) is 0 Å². The van der Waals surface area contributed by atoms with Crippen molar-refractivity contribution in [2.75, 3.05) is 6.61 Å². The van der Waals surface area contributed by atoms with Gasteiger partial charge in [-0.1, -0.05) is 121 Å². The van der Waals surface area contributed by atoms with Crippen LogP contribution in [-0.4, -0.2) is 30.7 Å². The summed E-state index contributed by atoms with van der Waals surface area (Å²) in [6, 6.07) is 39.0. The van der Waals surface area contributed by atoms with Crippen LogP contribution < -0.4 is 0 Å². The minimum atomic E-state index is -0.550. The average Bonchev–Trinajstić information content (AvgIpc) is 3.01. The number of ether oxygens (including phenoxy) is 4. The molecule has 5 heteroatoms. The van der Waals surface area contributed by atoms with Gasteiger partial charge in [-0.3, -0.25) is 4.79 Å². The summed E-state index contributed by atoms with van der Waals surface area (Å²) in [6.45, 7) is 1.41. The predicted octanol–water partition coefficient (Wildman–Crippen LogP) is 6.54. The molecule has 0 fully saturated rings. The molecule has 0 N–H and O–H groups in total. The lowest BCUT2D eigenvalue weighted by Crippen LogP contribution is -2.48. The van der Waals surface area contributed by atoms with E-state index in [2.05, 4.69) is 0 Å². The van der Waals surface area contributed by atoms with Crippen LogP contribution in [0.25, 0.3) is 0 Å².